The molecule has 0 saturated heterocycles. The molecule has 0 unspecified atom stereocenters. The third kappa shape index (κ3) is 2.82. The number of aryl methyl sites for hydroxylation is 1. The van der Waals surface area contributed by atoms with Crippen LogP contribution in [0.1, 0.15) is 18.4 Å². The van der Waals surface area contributed by atoms with Crippen LogP contribution in [0.3, 0.4) is 0 Å². The van der Waals surface area contributed by atoms with E-state index >= 15 is 0 Å². The van der Waals surface area contributed by atoms with Crippen molar-refractivity contribution in [2.45, 2.75) is 18.9 Å². The summed E-state index contributed by atoms with van der Waals surface area (Å²) in [6.45, 7) is 0. The van der Waals surface area contributed by atoms with Crippen LogP contribution in [0.15, 0.2) is 36.5 Å². The van der Waals surface area contributed by atoms with Crippen molar-refractivity contribution in [2.24, 2.45) is 13.0 Å². The lowest BCUT2D eigenvalue weighted by molar-refractivity contribution is -0.116. The normalized spacial score (nSPS) is 16.0. The van der Waals surface area contributed by atoms with Crippen molar-refractivity contribution < 1.29 is 4.79 Å². The number of hydrogen-bond acceptors (Lipinski definition) is 2. The smallest absolute Gasteiger partial charge is 0.245 e. The molecule has 1 saturated carbocycles. The van der Waals surface area contributed by atoms with Gasteiger partial charge in [-0.25, -0.2) is 0 Å². The van der Waals surface area contributed by atoms with Gasteiger partial charge in [-0.05, 0) is 30.9 Å². The van der Waals surface area contributed by atoms with Gasteiger partial charge in [-0.2, -0.15) is 5.26 Å². The Labute approximate surface area is 123 Å². The van der Waals surface area contributed by atoms with Gasteiger partial charge in [-0.15, -0.1) is 0 Å². The van der Waals surface area contributed by atoms with Crippen molar-refractivity contribution in [2.75, 3.05) is 0 Å². The third-order valence-electron chi connectivity index (χ3n) is 3.87. The molecule has 2 aromatic rings. The van der Waals surface area contributed by atoms with E-state index in [2.05, 4.69) is 11.4 Å². The first-order valence-electron chi connectivity index (χ1n) is 7.11. The lowest BCUT2D eigenvalue weighted by Gasteiger charge is -2.07. The lowest BCUT2D eigenvalue weighted by atomic mass is 10.1. The Bertz CT molecular complexity index is 747. The second-order valence-corrected chi connectivity index (χ2v) is 5.50. The Morgan fingerprint density at radius 2 is 2.24 bits per heavy atom. The van der Waals surface area contributed by atoms with Crippen molar-refractivity contribution in [3.63, 3.8) is 0 Å². The van der Waals surface area contributed by atoms with E-state index in [4.69, 9.17) is 5.26 Å². The van der Waals surface area contributed by atoms with Crippen LogP contribution in [0.2, 0.25) is 0 Å². The zero-order valence-corrected chi connectivity index (χ0v) is 11.9. The van der Waals surface area contributed by atoms with E-state index in [0.29, 0.717) is 5.92 Å². The minimum absolute atomic E-state index is 0.207. The van der Waals surface area contributed by atoms with Crippen LogP contribution >= 0.6 is 0 Å². The molecule has 1 aromatic heterocycles. The predicted molar refractivity (Wildman–Crippen MR) is 82.2 cm³/mol. The van der Waals surface area contributed by atoms with E-state index in [0.717, 1.165) is 29.3 Å². The van der Waals surface area contributed by atoms with E-state index in [1.807, 2.05) is 42.1 Å². The zero-order chi connectivity index (χ0) is 14.8. The first-order valence-corrected chi connectivity index (χ1v) is 7.11. The summed E-state index contributed by atoms with van der Waals surface area (Å²) < 4.78 is 2.04. The fourth-order valence-electron chi connectivity index (χ4n) is 2.56. The van der Waals surface area contributed by atoms with Crippen molar-refractivity contribution >= 4 is 22.9 Å². The van der Waals surface area contributed by atoms with Gasteiger partial charge >= 0.3 is 0 Å². The Kier molecular flexibility index (Phi) is 3.49. The van der Waals surface area contributed by atoms with Gasteiger partial charge in [0.15, 0.2) is 0 Å². The predicted octanol–water partition coefficient (Wildman–Crippen LogP) is 2.61. The molecule has 0 aliphatic heterocycles. The molecule has 3 rings (SSSR count). The second kappa shape index (κ2) is 5.45. The molecule has 4 nitrogen and oxygen atoms in total. The van der Waals surface area contributed by atoms with Gasteiger partial charge in [0, 0.05) is 35.8 Å². The molecule has 1 atom stereocenters. The number of benzene rings is 1. The summed E-state index contributed by atoms with van der Waals surface area (Å²) in [6, 6.07) is 9.87. The molecular weight excluding hydrogens is 262 g/mol. The van der Waals surface area contributed by atoms with E-state index in [9.17, 15) is 4.79 Å². The van der Waals surface area contributed by atoms with Gasteiger partial charge in [0.1, 0.15) is 6.04 Å². The quantitative estimate of drug-likeness (QED) is 0.875. The minimum atomic E-state index is -0.352. The molecule has 21 heavy (non-hydrogen) atoms. The van der Waals surface area contributed by atoms with E-state index < -0.39 is 0 Å². The van der Waals surface area contributed by atoms with Crippen LogP contribution in [0.4, 0.5) is 0 Å². The topological polar surface area (TPSA) is 57.8 Å². The molecule has 1 fully saturated rings. The van der Waals surface area contributed by atoms with Crippen molar-refractivity contribution in [1.82, 2.24) is 9.88 Å². The molecule has 0 radical (unpaired) electrons. The maximum atomic E-state index is 11.9. The van der Waals surface area contributed by atoms with E-state index in [-0.39, 0.29) is 11.9 Å². The summed E-state index contributed by atoms with van der Waals surface area (Å²) >= 11 is 0. The summed E-state index contributed by atoms with van der Waals surface area (Å²) in [6.07, 6.45) is 7.38. The highest BCUT2D eigenvalue weighted by Gasteiger charge is 2.31. The largest absolute Gasteiger partial charge is 0.350 e. The number of nitrogens with one attached hydrogen (secondary N) is 1. The molecule has 1 aromatic carbocycles. The summed E-state index contributed by atoms with van der Waals surface area (Å²) in [4.78, 5) is 11.9. The molecule has 1 heterocycles. The summed E-state index contributed by atoms with van der Waals surface area (Å²) in [7, 11) is 1.98. The number of rotatable bonds is 4. The molecule has 1 aliphatic carbocycles. The van der Waals surface area contributed by atoms with Crippen LogP contribution in [0, 0.1) is 17.2 Å². The SMILES string of the molecule is Cn1cc(/C=C/C(=O)N[C@H](C#N)C2CC2)c2ccccc21. The second-order valence-electron chi connectivity index (χ2n) is 5.50. The van der Waals surface area contributed by atoms with Gasteiger partial charge in [0.25, 0.3) is 0 Å². The van der Waals surface area contributed by atoms with Gasteiger partial charge < -0.3 is 9.88 Å². The number of carbonyl (C=O) groups is 1. The van der Waals surface area contributed by atoms with Gasteiger partial charge in [0.2, 0.25) is 5.91 Å². The van der Waals surface area contributed by atoms with E-state index in [1.165, 1.54) is 6.08 Å². The van der Waals surface area contributed by atoms with Crippen molar-refractivity contribution in [1.29, 1.82) is 5.26 Å². The molecule has 106 valence electrons. The van der Waals surface area contributed by atoms with Crippen LogP contribution in [-0.4, -0.2) is 16.5 Å². The zero-order valence-electron chi connectivity index (χ0n) is 11.9. The average molecular weight is 279 g/mol. The number of amides is 1. The Morgan fingerprint density at radius 3 is 2.95 bits per heavy atom. The van der Waals surface area contributed by atoms with Crippen molar-refractivity contribution in [3.05, 3.63) is 42.1 Å². The first-order chi connectivity index (χ1) is 10.2. The van der Waals surface area contributed by atoms with Crippen LogP contribution in [-0.2, 0) is 11.8 Å². The molecule has 1 aliphatic rings. The number of fused-ring (bicyclic) bond motifs is 1. The molecule has 1 N–H and O–H groups in total. The highest BCUT2D eigenvalue weighted by Crippen LogP contribution is 2.32. The maximum Gasteiger partial charge on any atom is 0.245 e. The van der Waals surface area contributed by atoms with Crippen LogP contribution < -0.4 is 5.32 Å². The molecule has 0 bridgehead atoms. The van der Waals surface area contributed by atoms with Crippen LogP contribution in [0.5, 0.6) is 0 Å². The number of nitrogens with zero attached hydrogens (tertiary/aromatic N) is 2. The fourth-order valence-corrected chi connectivity index (χ4v) is 2.56. The Balaban J connectivity index is 1.75. The Morgan fingerprint density at radius 1 is 1.48 bits per heavy atom. The molecular formula is C17H17N3O. The molecule has 0 spiro atoms. The molecule has 4 heteroatoms. The number of para-hydroxylation sites is 1. The lowest BCUT2D eigenvalue weighted by Crippen LogP contribution is -2.33. The monoisotopic (exact) mass is 279 g/mol. The highest BCUT2D eigenvalue weighted by molar-refractivity contribution is 5.96. The summed E-state index contributed by atoms with van der Waals surface area (Å²) in [5.74, 6) is 0.131. The summed E-state index contributed by atoms with van der Waals surface area (Å²) in [5, 5.41) is 12.9. The van der Waals surface area contributed by atoms with Gasteiger partial charge in [-0.1, -0.05) is 18.2 Å². The molecule has 1 amide bonds. The first kappa shape index (κ1) is 13.4. The third-order valence-corrected chi connectivity index (χ3v) is 3.87. The Hall–Kier alpha value is -2.54. The van der Waals surface area contributed by atoms with E-state index in [1.54, 1.807) is 6.08 Å². The summed E-state index contributed by atoms with van der Waals surface area (Å²) in [5.41, 5.74) is 2.13. The fraction of sp³-hybridized carbons (Fsp3) is 0.294. The number of hydrogen-bond donors (Lipinski definition) is 1. The van der Waals surface area contributed by atoms with Crippen LogP contribution in [0.25, 0.3) is 17.0 Å². The number of aromatic nitrogens is 1. The maximum absolute atomic E-state index is 11.9. The van der Waals surface area contributed by atoms with Gasteiger partial charge in [-0.3, -0.25) is 4.79 Å². The number of nitriles is 1. The standard InChI is InChI=1S/C17H17N3O/c1-20-11-13(14-4-2-3-5-16(14)20)8-9-17(21)19-15(10-18)12-6-7-12/h2-5,8-9,11-12,15H,6-7H2,1H3,(H,19,21)/b9-8+/t15-/m1/s1. The average Bonchev–Trinajstić information content (AvgIpc) is 3.29. The highest BCUT2D eigenvalue weighted by atomic mass is 16.1. The van der Waals surface area contributed by atoms with Gasteiger partial charge in [0.05, 0.1) is 6.07 Å². The van der Waals surface area contributed by atoms with Crippen molar-refractivity contribution in [3.8, 4) is 6.07 Å². The minimum Gasteiger partial charge on any atom is -0.350 e. The number of carbonyl (C=O) groups excluding carboxylic acids is 1.